The number of aromatic nitrogens is 1. The fraction of sp³-hybridized carbons (Fsp3) is 0.500. The van der Waals surface area contributed by atoms with Crippen molar-refractivity contribution in [3.63, 3.8) is 0 Å². The Morgan fingerprint density at radius 1 is 1.17 bits per heavy atom. The summed E-state index contributed by atoms with van der Waals surface area (Å²) in [6, 6.07) is 7.77. The highest BCUT2D eigenvalue weighted by molar-refractivity contribution is 7.17. The zero-order valence-electron chi connectivity index (χ0n) is 17.4. The summed E-state index contributed by atoms with van der Waals surface area (Å²) in [6.45, 7) is 7.28. The topological polar surface area (TPSA) is 72.0 Å². The van der Waals surface area contributed by atoms with E-state index in [9.17, 15) is 9.59 Å². The molecule has 2 aliphatic rings. The molecule has 1 unspecified atom stereocenters. The summed E-state index contributed by atoms with van der Waals surface area (Å²) in [5.41, 5.74) is 1.71. The summed E-state index contributed by atoms with van der Waals surface area (Å²) >= 11 is 1.42. The number of benzene rings is 1. The summed E-state index contributed by atoms with van der Waals surface area (Å²) in [4.78, 5) is 34.5. The molecule has 2 saturated heterocycles. The largest absolute Gasteiger partial charge is 0.494 e. The van der Waals surface area contributed by atoms with Crippen LogP contribution in [-0.2, 0) is 9.53 Å². The second-order valence-electron chi connectivity index (χ2n) is 7.51. The van der Waals surface area contributed by atoms with Gasteiger partial charge in [0.25, 0.3) is 11.8 Å². The number of hydrogen-bond acceptors (Lipinski definition) is 6. The van der Waals surface area contributed by atoms with Gasteiger partial charge >= 0.3 is 0 Å². The number of ether oxygens (including phenoxy) is 2. The van der Waals surface area contributed by atoms with Gasteiger partial charge in [0.1, 0.15) is 21.7 Å². The smallest absolute Gasteiger partial charge is 0.265 e. The monoisotopic (exact) mass is 429 g/mol. The Labute approximate surface area is 180 Å². The van der Waals surface area contributed by atoms with Crippen LogP contribution in [0.4, 0.5) is 0 Å². The minimum Gasteiger partial charge on any atom is -0.494 e. The molecule has 0 spiro atoms. The third-order valence-corrected chi connectivity index (χ3v) is 6.68. The predicted octanol–water partition coefficient (Wildman–Crippen LogP) is 2.98. The van der Waals surface area contributed by atoms with Gasteiger partial charge in [-0.25, -0.2) is 4.98 Å². The Kier molecular flexibility index (Phi) is 6.34. The number of nitrogens with zero attached hydrogens (tertiary/aromatic N) is 3. The lowest BCUT2D eigenvalue weighted by Crippen LogP contribution is -2.52. The highest BCUT2D eigenvalue weighted by Gasteiger charge is 2.32. The van der Waals surface area contributed by atoms with Crippen molar-refractivity contribution in [2.24, 2.45) is 0 Å². The molecule has 1 aromatic carbocycles. The molecule has 2 aromatic rings. The van der Waals surface area contributed by atoms with Gasteiger partial charge in [0.2, 0.25) is 0 Å². The van der Waals surface area contributed by atoms with Gasteiger partial charge in [0.05, 0.1) is 12.3 Å². The van der Waals surface area contributed by atoms with E-state index in [4.69, 9.17) is 9.47 Å². The third kappa shape index (κ3) is 4.34. The van der Waals surface area contributed by atoms with Crippen molar-refractivity contribution in [2.75, 3.05) is 39.4 Å². The van der Waals surface area contributed by atoms with E-state index in [0.717, 1.165) is 34.9 Å². The van der Waals surface area contributed by atoms with Gasteiger partial charge in [-0.05, 0) is 51.0 Å². The lowest BCUT2D eigenvalue weighted by molar-refractivity contribution is -0.142. The van der Waals surface area contributed by atoms with E-state index >= 15 is 0 Å². The molecule has 2 fully saturated rings. The van der Waals surface area contributed by atoms with Crippen molar-refractivity contribution in [2.45, 2.75) is 32.8 Å². The Bertz CT molecular complexity index is 898. The molecule has 1 aromatic heterocycles. The van der Waals surface area contributed by atoms with Crippen molar-refractivity contribution in [3.8, 4) is 16.3 Å². The van der Waals surface area contributed by atoms with E-state index < -0.39 is 0 Å². The molecule has 160 valence electrons. The summed E-state index contributed by atoms with van der Waals surface area (Å²) in [6.07, 6.45) is 1.44. The van der Waals surface area contributed by atoms with E-state index in [0.29, 0.717) is 44.3 Å². The number of carbonyl (C=O) groups is 2. The molecule has 30 heavy (non-hydrogen) atoms. The Morgan fingerprint density at radius 3 is 2.50 bits per heavy atom. The maximum absolute atomic E-state index is 13.1. The van der Waals surface area contributed by atoms with Crippen LogP contribution < -0.4 is 4.74 Å². The van der Waals surface area contributed by atoms with Crippen LogP contribution in [0.1, 0.15) is 35.1 Å². The number of amides is 2. The maximum Gasteiger partial charge on any atom is 0.265 e. The fourth-order valence-electron chi connectivity index (χ4n) is 3.83. The molecule has 0 radical (unpaired) electrons. The van der Waals surface area contributed by atoms with Crippen molar-refractivity contribution < 1.29 is 19.1 Å². The molecule has 2 aliphatic heterocycles. The summed E-state index contributed by atoms with van der Waals surface area (Å²) in [5.74, 6) is 0.874. The van der Waals surface area contributed by atoms with Crippen LogP contribution >= 0.6 is 11.3 Å². The number of piperazine rings is 1. The molecule has 2 amide bonds. The lowest BCUT2D eigenvalue weighted by atomic mass is 10.2. The van der Waals surface area contributed by atoms with E-state index in [-0.39, 0.29) is 17.9 Å². The van der Waals surface area contributed by atoms with Crippen LogP contribution in [0.25, 0.3) is 10.6 Å². The van der Waals surface area contributed by atoms with Gasteiger partial charge in [-0.1, -0.05) is 0 Å². The molecule has 0 bridgehead atoms. The first-order valence-electron chi connectivity index (χ1n) is 10.5. The van der Waals surface area contributed by atoms with Crippen molar-refractivity contribution in [1.82, 2.24) is 14.8 Å². The van der Waals surface area contributed by atoms with Crippen LogP contribution in [0.2, 0.25) is 0 Å². The van der Waals surface area contributed by atoms with Crippen LogP contribution in [0, 0.1) is 6.92 Å². The average Bonchev–Trinajstić information content (AvgIpc) is 3.44. The zero-order valence-corrected chi connectivity index (χ0v) is 18.2. The molecule has 0 saturated carbocycles. The molecule has 4 rings (SSSR count). The second kappa shape index (κ2) is 9.14. The SMILES string of the molecule is CCOc1ccc(-c2nc(C)c(C(=O)N3CCN(C(=O)C4CCCO4)CC3)s2)cc1. The molecule has 1 atom stereocenters. The number of carbonyl (C=O) groups excluding carboxylic acids is 2. The van der Waals surface area contributed by atoms with E-state index in [1.165, 1.54) is 11.3 Å². The molecule has 3 heterocycles. The first kappa shape index (κ1) is 20.8. The Morgan fingerprint density at radius 2 is 1.87 bits per heavy atom. The quantitative estimate of drug-likeness (QED) is 0.731. The number of rotatable bonds is 5. The van der Waals surface area contributed by atoms with E-state index in [2.05, 4.69) is 4.98 Å². The van der Waals surface area contributed by atoms with Gasteiger partial charge in [-0.3, -0.25) is 9.59 Å². The third-order valence-electron chi connectivity index (χ3n) is 5.49. The highest BCUT2D eigenvalue weighted by atomic mass is 32.1. The van der Waals surface area contributed by atoms with Crippen LogP contribution in [0.15, 0.2) is 24.3 Å². The highest BCUT2D eigenvalue weighted by Crippen LogP contribution is 2.30. The fourth-order valence-corrected chi connectivity index (χ4v) is 4.87. The van der Waals surface area contributed by atoms with Crippen molar-refractivity contribution >= 4 is 23.2 Å². The minimum absolute atomic E-state index is 0.00796. The standard InChI is InChI=1S/C22H27N3O4S/c1-3-28-17-8-6-16(7-9-17)20-23-15(2)19(30-20)22(27)25-12-10-24(11-13-25)21(26)18-5-4-14-29-18/h6-9,18H,3-5,10-14H2,1-2H3. The Balaban J connectivity index is 1.40. The predicted molar refractivity (Wildman–Crippen MR) is 115 cm³/mol. The summed E-state index contributed by atoms with van der Waals surface area (Å²) in [7, 11) is 0. The number of aryl methyl sites for hydroxylation is 1. The normalized spacial score (nSPS) is 19.2. The summed E-state index contributed by atoms with van der Waals surface area (Å²) in [5, 5.41) is 0.825. The van der Waals surface area contributed by atoms with Gasteiger partial charge in [0.15, 0.2) is 0 Å². The van der Waals surface area contributed by atoms with Gasteiger partial charge < -0.3 is 19.3 Å². The first-order valence-corrected chi connectivity index (χ1v) is 11.3. The zero-order chi connectivity index (χ0) is 21.1. The minimum atomic E-state index is -0.298. The first-order chi connectivity index (χ1) is 14.6. The van der Waals surface area contributed by atoms with Crippen LogP contribution in [-0.4, -0.2) is 72.1 Å². The maximum atomic E-state index is 13.1. The molecule has 0 N–H and O–H groups in total. The molecular formula is C22H27N3O4S. The summed E-state index contributed by atoms with van der Waals surface area (Å²) < 4.78 is 11.0. The number of hydrogen-bond donors (Lipinski definition) is 0. The van der Waals surface area contributed by atoms with E-state index in [1.807, 2.05) is 47.9 Å². The molecule has 0 aliphatic carbocycles. The molecule has 7 nitrogen and oxygen atoms in total. The van der Waals surface area contributed by atoms with Crippen LogP contribution in [0.5, 0.6) is 5.75 Å². The molecule has 8 heteroatoms. The van der Waals surface area contributed by atoms with Crippen molar-refractivity contribution in [1.29, 1.82) is 0 Å². The van der Waals surface area contributed by atoms with Gasteiger partial charge in [-0.15, -0.1) is 11.3 Å². The van der Waals surface area contributed by atoms with Gasteiger partial charge in [0, 0.05) is 38.3 Å². The van der Waals surface area contributed by atoms with E-state index in [1.54, 1.807) is 0 Å². The van der Waals surface area contributed by atoms with Gasteiger partial charge in [-0.2, -0.15) is 0 Å². The average molecular weight is 430 g/mol. The Hall–Kier alpha value is -2.45. The second-order valence-corrected chi connectivity index (χ2v) is 8.51. The van der Waals surface area contributed by atoms with Crippen LogP contribution in [0.3, 0.4) is 0 Å². The van der Waals surface area contributed by atoms with Crippen molar-refractivity contribution in [3.05, 3.63) is 34.8 Å². The molecular weight excluding hydrogens is 402 g/mol. The number of thiazole rings is 1. The lowest BCUT2D eigenvalue weighted by Gasteiger charge is -2.35.